The third-order valence-corrected chi connectivity index (χ3v) is 3.37. The summed E-state index contributed by atoms with van der Waals surface area (Å²) in [5.41, 5.74) is 4.30. The van der Waals surface area contributed by atoms with Crippen LogP contribution in [-0.2, 0) is 6.54 Å². The number of hydrogen-bond acceptors (Lipinski definition) is 2. The summed E-state index contributed by atoms with van der Waals surface area (Å²) in [6.07, 6.45) is 1.63. The molecule has 0 amide bonds. The molecule has 3 nitrogen and oxygen atoms in total. The first-order valence-corrected chi connectivity index (χ1v) is 6.65. The van der Waals surface area contributed by atoms with Gasteiger partial charge in [0.15, 0.2) is 0 Å². The Labute approximate surface area is 117 Å². The van der Waals surface area contributed by atoms with E-state index in [1.807, 2.05) is 24.3 Å². The van der Waals surface area contributed by atoms with E-state index >= 15 is 0 Å². The summed E-state index contributed by atoms with van der Waals surface area (Å²) >= 11 is 0. The van der Waals surface area contributed by atoms with Crippen LogP contribution in [0.2, 0.25) is 0 Å². The van der Waals surface area contributed by atoms with E-state index in [0.29, 0.717) is 11.9 Å². The Morgan fingerprint density at radius 3 is 2.50 bits per heavy atom. The van der Waals surface area contributed by atoms with Crippen molar-refractivity contribution in [2.45, 2.75) is 20.4 Å². The van der Waals surface area contributed by atoms with Crippen LogP contribution in [-0.4, -0.2) is 9.55 Å². The van der Waals surface area contributed by atoms with Gasteiger partial charge in [-0.05, 0) is 31.5 Å². The monoisotopic (exact) mass is 264 g/mol. The highest BCUT2D eigenvalue weighted by Crippen LogP contribution is 2.11. The number of aromatic nitrogens is 2. The quantitative estimate of drug-likeness (QED) is 0.713. The van der Waals surface area contributed by atoms with Crippen LogP contribution in [0.1, 0.15) is 16.7 Å². The van der Waals surface area contributed by atoms with Crippen molar-refractivity contribution in [1.82, 2.24) is 9.55 Å². The molecule has 100 valence electrons. The Kier molecular flexibility index (Phi) is 3.11. The molecule has 20 heavy (non-hydrogen) atoms. The average Bonchev–Trinajstić information content (AvgIpc) is 2.41. The van der Waals surface area contributed by atoms with Crippen LogP contribution in [0.5, 0.6) is 0 Å². The van der Waals surface area contributed by atoms with Crippen LogP contribution in [0.4, 0.5) is 0 Å². The topological polar surface area (TPSA) is 34.9 Å². The second kappa shape index (κ2) is 4.93. The number of hydrogen-bond donors (Lipinski definition) is 0. The molecular weight excluding hydrogens is 248 g/mol. The summed E-state index contributed by atoms with van der Waals surface area (Å²) in [4.78, 5) is 16.8. The number of fused-ring (bicyclic) bond motifs is 1. The van der Waals surface area contributed by atoms with Crippen molar-refractivity contribution in [1.29, 1.82) is 0 Å². The molecule has 1 heterocycles. The van der Waals surface area contributed by atoms with Crippen LogP contribution in [0, 0.1) is 13.8 Å². The first kappa shape index (κ1) is 12.6. The van der Waals surface area contributed by atoms with E-state index in [0.717, 1.165) is 11.1 Å². The van der Waals surface area contributed by atoms with E-state index in [4.69, 9.17) is 0 Å². The molecule has 0 atom stereocenters. The third-order valence-electron chi connectivity index (χ3n) is 3.37. The predicted molar refractivity (Wildman–Crippen MR) is 81.0 cm³/mol. The minimum Gasteiger partial charge on any atom is -0.294 e. The third kappa shape index (κ3) is 2.35. The fourth-order valence-electron chi connectivity index (χ4n) is 2.58. The van der Waals surface area contributed by atoms with E-state index in [1.165, 1.54) is 11.1 Å². The fraction of sp³-hybridized carbons (Fsp3) is 0.176. The summed E-state index contributed by atoms with van der Waals surface area (Å²) in [6, 6.07) is 13.8. The Hall–Kier alpha value is -2.42. The highest BCUT2D eigenvalue weighted by atomic mass is 16.1. The molecule has 0 spiro atoms. The number of para-hydroxylation sites is 1. The summed E-state index contributed by atoms with van der Waals surface area (Å²) < 4.78 is 1.66. The summed E-state index contributed by atoms with van der Waals surface area (Å²) in [5.74, 6) is 0. The average molecular weight is 264 g/mol. The zero-order valence-electron chi connectivity index (χ0n) is 11.6. The second-order valence-corrected chi connectivity index (χ2v) is 5.19. The summed E-state index contributed by atoms with van der Waals surface area (Å²) in [7, 11) is 0. The Morgan fingerprint density at radius 2 is 1.75 bits per heavy atom. The molecule has 3 aromatic rings. The molecule has 0 fully saturated rings. The van der Waals surface area contributed by atoms with E-state index < -0.39 is 0 Å². The van der Waals surface area contributed by atoms with Gasteiger partial charge in [-0.25, -0.2) is 4.98 Å². The molecule has 1 aromatic heterocycles. The lowest BCUT2D eigenvalue weighted by Crippen LogP contribution is -2.21. The molecule has 0 saturated heterocycles. The van der Waals surface area contributed by atoms with Crippen LogP contribution >= 0.6 is 0 Å². The highest BCUT2D eigenvalue weighted by molar-refractivity contribution is 5.76. The SMILES string of the molecule is Cc1cc(C)cc(Cn2cnc3ccccc3c2=O)c1. The Morgan fingerprint density at radius 1 is 1.05 bits per heavy atom. The lowest BCUT2D eigenvalue weighted by atomic mass is 10.1. The van der Waals surface area contributed by atoms with Gasteiger partial charge >= 0.3 is 0 Å². The Bertz CT molecular complexity index is 814. The van der Waals surface area contributed by atoms with E-state index in [9.17, 15) is 4.79 Å². The van der Waals surface area contributed by atoms with Crippen molar-refractivity contribution < 1.29 is 0 Å². The van der Waals surface area contributed by atoms with Crippen LogP contribution < -0.4 is 5.56 Å². The highest BCUT2D eigenvalue weighted by Gasteiger charge is 2.04. The van der Waals surface area contributed by atoms with E-state index in [2.05, 4.69) is 37.0 Å². The molecule has 3 heteroatoms. The lowest BCUT2D eigenvalue weighted by Gasteiger charge is -2.08. The fourth-order valence-corrected chi connectivity index (χ4v) is 2.58. The maximum Gasteiger partial charge on any atom is 0.261 e. The molecule has 0 aliphatic heterocycles. The largest absolute Gasteiger partial charge is 0.294 e. The van der Waals surface area contributed by atoms with Gasteiger partial charge in [-0.3, -0.25) is 9.36 Å². The molecule has 0 bridgehead atoms. The molecule has 0 aliphatic carbocycles. The lowest BCUT2D eigenvalue weighted by molar-refractivity contribution is 0.747. The molecule has 0 N–H and O–H groups in total. The van der Waals surface area contributed by atoms with Crippen molar-refractivity contribution in [2.75, 3.05) is 0 Å². The second-order valence-electron chi connectivity index (χ2n) is 5.19. The van der Waals surface area contributed by atoms with E-state index in [-0.39, 0.29) is 5.56 Å². The minimum atomic E-state index is 0.00904. The number of rotatable bonds is 2. The van der Waals surface area contributed by atoms with Crippen molar-refractivity contribution in [2.24, 2.45) is 0 Å². The maximum absolute atomic E-state index is 12.4. The first-order valence-electron chi connectivity index (χ1n) is 6.65. The predicted octanol–water partition coefficient (Wildman–Crippen LogP) is 3.06. The molecule has 0 radical (unpaired) electrons. The van der Waals surface area contributed by atoms with Gasteiger partial charge in [0.2, 0.25) is 0 Å². The van der Waals surface area contributed by atoms with E-state index in [1.54, 1.807) is 10.9 Å². The standard InChI is InChI=1S/C17H16N2O/c1-12-7-13(2)9-14(8-12)10-19-11-18-16-6-4-3-5-15(16)17(19)20/h3-9,11H,10H2,1-2H3. The zero-order chi connectivity index (χ0) is 14.1. The van der Waals surface area contributed by atoms with Crippen LogP contribution in [0.3, 0.4) is 0 Å². The van der Waals surface area contributed by atoms with Gasteiger partial charge in [-0.2, -0.15) is 0 Å². The van der Waals surface area contributed by atoms with Crippen LogP contribution in [0.15, 0.2) is 53.6 Å². The zero-order valence-corrected chi connectivity index (χ0v) is 11.6. The Balaban J connectivity index is 2.07. The van der Waals surface area contributed by atoms with Gasteiger partial charge in [0.25, 0.3) is 5.56 Å². The summed E-state index contributed by atoms with van der Waals surface area (Å²) in [5, 5.41) is 0.666. The van der Waals surface area contributed by atoms with Gasteiger partial charge in [0, 0.05) is 0 Å². The van der Waals surface area contributed by atoms with Crippen molar-refractivity contribution >= 4 is 10.9 Å². The molecular formula is C17H16N2O. The molecule has 0 saturated carbocycles. The van der Waals surface area contributed by atoms with Gasteiger partial charge < -0.3 is 0 Å². The van der Waals surface area contributed by atoms with Crippen molar-refractivity contribution in [3.63, 3.8) is 0 Å². The number of aryl methyl sites for hydroxylation is 2. The minimum absolute atomic E-state index is 0.00904. The summed E-state index contributed by atoms with van der Waals surface area (Å²) in [6.45, 7) is 4.69. The molecule has 0 aliphatic rings. The van der Waals surface area contributed by atoms with Crippen molar-refractivity contribution in [3.05, 3.63) is 75.8 Å². The molecule has 3 rings (SSSR count). The smallest absolute Gasteiger partial charge is 0.261 e. The van der Waals surface area contributed by atoms with Gasteiger partial charge in [0.05, 0.1) is 23.8 Å². The number of nitrogens with zero attached hydrogens (tertiary/aromatic N) is 2. The van der Waals surface area contributed by atoms with Crippen LogP contribution in [0.25, 0.3) is 10.9 Å². The van der Waals surface area contributed by atoms with Crippen molar-refractivity contribution in [3.8, 4) is 0 Å². The van der Waals surface area contributed by atoms with Gasteiger partial charge in [-0.1, -0.05) is 41.5 Å². The molecule has 2 aromatic carbocycles. The van der Waals surface area contributed by atoms with Gasteiger partial charge in [0.1, 0.15) is 0 Å². The normalized spacial score (nSPS) is 10.9. The first-order chi connectivity index (χ1) is 9.63. The van der Waals surface area contributed by atoms with Gasteiger partial charge in [-0.15, -0.1) is 0 Å². The maximum atomic E-state index is 12.4. The number of benzene rings is 2. The molecule has 0 unspecified atom stereocenters.